The number of nitrogens with zero attached hydrogens (tertiary/aromatic N) is 2. The second-order valence-electron chi connectivity index (χ2n) is 10.8. The van der Waals surface area contributed by atoms with Crippen molar-refractivity contribution in [2.45, 2.75) is 71.1 Å². The van der Waals surface area contributed by atoms with E-state index in [2.05, 4.69) is 40.5 Å². The van der Waals surface area contributed by atoms with E-state index in [1.165, 1.54) is 24.0 Å². The zero-order valence-corrected chi connectivity index (χ0v) is 23.1. The van der Waals surface area contributed by atoms with Crippen molar-refractivity contribution in [2.24, 2.45) is 0 Å². The molecule has 0 saturated heterocycles. The van der Waals surface area contributed by atoms with Gasteiger partial charge in [0, 0.05) is 36.8 Å². The molecule has 1 aliphatic heterocycles. The highest BCUT2D eigenvalue weighted by Gasteiger charge is 2.27. The molecule has 2 aromatic carbocycles. The molecule has 8 heteroatoms. The molecule has 0 fully saturated rings. The minimum atomic E-state index is -0.897. The Balaban J connectivity index is 1.37. The number of hydrogen-bond donors (Lipinski definition) is 2. The van der Waals surface area contributed by atoms with E-state index >= 15 is 0 Å². The minimum absolute atomic E-state index is 0.373. The molecule has 0 radical (unpaired) electrons. The van der Waals surface area contributed by atoms with E-state index in [-0.39, 0.29) is 0 Å². The van der Waals surface area contributed by atoms with Crippen LogP contribution in [0.5, 0.6) is 5.75 Å². The molecule has 6 rings (SSSR count). The molecule has 2 aromatic heterocycles. The van der Waals surface area contributed by atoms with Crippen LogP contribution in [0.25, 0.3) is 22.0 Å². The van der Waals surface area contributed by atoms with Gasteiger partial charge in [0.05, 0.1) is 36.7 Å². The molecule has 40 heavy (non-hydrogen) atoms. The Morgan fingerprint density at radius 1 is 1.12 bits per heavy atom. The molecule has 2 N–H and O–H groups in total. The van der Waals surface area contributed by atoms with Crippen LogP contribution in [0, 0.1) is 0 Å². The number of aromatic amines is 1. The third-order valence-corrected chi connectivity index (χ3v) is 8.20. The normalized spacial score (nSPS) is 15.3. The fourth-order valence-corrected chi connectivity index (χ4v) is 6.45. The zero-order valence-electron chi connectivity index (χ0n) is 23.1. The molecular weight excluding hydrogens is 506 g/mol. The van der Waals surface area contributed by atoms with Crippen molar-refractivity contribution in [3.63, 3.8) is 0 Å². The van der Waals surface area contributed by atoms with Crippen LogP contribution in [0.4, 0.5) is 0 Å². The van der Waals surface area contributed by atoms with Crippen molar-refractivity contribution in [1.82, 2.24) is 14.8 Å². The molecule has 1 aliphatic carbocycles. The van der Waals surface area contributed by atoms with Gasteiger partial charge in [-0.2, -0.15) is 5.10 Å². The number of para-hydroxylation sites is 1. The predicted molar refractivity (Wildman–Crippen MR) is 153 cm³/mol. The van der Waals surface area contributed by atoms with E-state index in [1.807, 2.05) is 10.6 Å². The fraction of sp³-hybridized carbons (Fsp3) is 0.438. The standard InChI is InChI=1S/C32H37N3O5/c1-38-19-26-29-25-13-7-12-23-24(14-8-18-40-28-15-6-10-21-9-2-3-11-22(21)28)31(32(36)37)35(30(23)25)16-4-5-17-39-20-27(29)34-33-26/h6-7,10,12-13,15H,2-5,8-9,11,14,16-20H2,1H3,(H,33,34)(H,36,37). The lowest BCUT2D eigenvalue weighted by Gasteiger charge is -2.19. The Kier molecular flexibility index (Phi) is 7.89. The Bertz CT molecular complexity index is 1520. The summed E-state index contributed by atoms with van der Waals surface area (Å²) in [7, 11) is 1.66. The summed E-state index contributed by atoms with van der Waals surface area (Å²) in [5.74, 6) is 0.0843. The fourth-order valence-electron chi connectivity index (χ4n) is 6.45. The molecule has 0 saturated carbocycles. The number of aromatic carboxylic acids is 1. The van der Waals surface area contributed by atoms with Gasteiger partial charge in [-0.3, -0.25) is 5.10 Å². The van der Waals surface area contributed by atoms with Gasteiger partial charge in [-0.15, -0.1) is 0 Å². The van der Waals surface area contributed by atoms with Crippen LogP contribution >= 0.6 is 0 Å². The first kappa shape index (κ1) is 26.6. The predicted octanol–water partition coefficient (Wildman–Crippen LogP) is 6.08. The maximum atomic E-state index is 12.8. The quantitative estimate of drug-likeness (QED) is 0.262. The van der Waals surface area contributed by atoms with Gasteiger partial charge in [0.2, 0.25) is 0 Å². The molecule has 8 nitrogen and oxygen atoms in total. The van der Waals surface area contributed by atoms with Gasteiger partial charge in [0.25, 0.3) is 0 Å². The van der Waals surface area contributed by atoms with E-state index in [9.17, 15) is 9.90 Å². The van der Waals surface area contributed by atoms with Crippen LogP contribution in [0.2, 0.25) is 0 Å². The second kappa shape index (κ2) is 11.9. The van der Waals surface area contributed by atoms with Crippen molar-refractivity contribution in [3.05, 3.63) is 70.2 Å². The summed E-state index contributed by atoms with van der Waals surface area (Å²) < 4.78 is 19.7. The molecule has 2 aliphatic rings. The van der Waals surface area contributed by atoms with Gasteiger partial charge in [-0.05, 0) is 74.1 Å². The number of rotatable bonds is 8. The molecule has 0 bridgehead atoms. The number of fused-ring (bicyclic) bond motifs is 3. The highest BCUT2D eigenvalue weighted by Crippen LogP contribution is 2.39. The molecule has 3 heterocycles. The third-order valence-electron chi connectivity index (χ3n) is 8.20. The number of carbonyl (C=O) groups is 1. The first-order valence-corrected chi connectivity index (χ1v) is 14.4. The number of aromatic nitrogens is 3. The van der Waals surface area contributed by atoms with E-state index in [4.69, 9.17) is 14.2 Å². The molecular formula is C32H37N3O5. The number of H-pyrrole nitrogens is 1. The summed E-state index contributed by atoms with van der Waals surface area (Å²) in [4.78, 5) is 12.8. The number of nitrogens with one attached hydrogen (secondary N) is 1. The van der Waals surface area contributed by atoms with Crippen LogP contribution in [0.3, 0.4) is 0 Å². The SMILES string of the molecule is COCc1[nH]nc2c1-c1cccc3c(CCCOc4cccc5c4CCCC5)c(C(=O)O)n(c13)CCCCOC2. The van der Waals surface area contributed by atoms with E-state index in [0.29, 0.717) is 45.1 Å². The van der Waals surface area contributed by atoms with Crippen LogP contribution in [0.15, 0.2) is 36.4 Å². The van der Waals surface area contributed by atoms with Crippen molar-refractivity contribution in [1.29, 1.82) is 0 Å². The van der Waals surface area contributed by atoms with Gasteiger partial charge in [0.15, 0.2) is 0 Å². The van der Waals surface area contributed by atoms with Crippen LogP contribution in [-0.4, -0.2) is 46.2 Å². The Morgan fingerprint density at radius 2 is 2.00 bits per heavy atom. The summed E-state index contributed by atoms with van der Waals surface area (Å²) >= 11 is 0. The Labute approximate surface area is 234 Å². The zero-order chi connectivity index (χ0) is 27.5. The number of aryl methyl sites for hydroxylation is 3. The third kappa shape index (κ3) is 5.02. The first-order chi connectivity index (χ1) is 19.7. The number of carboxylic acid groups (broad SMARTS) is 1. The number of ether oxygens (including phenoxy) is 3. The highest BCUT2D eigenvalue weighted by atomic mass is 16.5. The summed E-state index contributed by atoms with van der Waals surface area (Å²) in [6, 6.07) is 12.5. The van der Waals surface area contributed by atoms with Crippen LogP contribution in [0.1, 0.15) is 70.7 Å². The van der Waals surface area contributed by atoms with Crippen molar-refractivity contribution in [2.75, 3.05) is 20.3 Å². The van der Waals surface area contributed by atoms with E-state index in [0.717, 1.165) is 76.8 Å². The van der Waals surface area contributed by atoms with Crippen molar-refractivity contribution < 1.29 is 24.1 Å². The summed E-state index contributed by atoms with van der Waals surface area (Å²) in [6.45, 7) is 2.52. The Morgan fingerprint density at radius 3 is 2.88 bits per heavy atom. The first-order valence-electron chi connectivity index (χ1n) is 14.4. The van der Waals surface area contributed by atoms with Gasteiger partial charge in [0.1, 0.15) is 11.4 Å². The molecule has 4 aromatic rings. The van der Waals surface area contributed by atoms with Crippen molar-refractivity contribution in [3.8, 4) is 16.9 Å². The van der Waals surface area contributed by atoms with E-state index < -0.39 is 5.97 Å². The lowest BCUT2D eigenvalue weighted by Crippen LogP contribution is -2.12. The molecule has 0 spiro atoms. The molecule has 0 unspecified atom stereocenters. The van der Waals surface area contributed by atoms with Gasteiger partial charge < -0.3 is 23.9 Å². The average molecular weight is 544 g/mol. The lowest BCUT2D eigenvalue weighted by molar-refractivity contribution is 0.0683. The maximum Gasteiger partial charge on any atom is 0.352 e. The average Bonchev–Trinajstić information content (AvgIpc) is 3.50. The number of methoxy groups -OCH3 is 1. The second-order valence-corrected chi connectivity index (χ2v) is 10.8. The molecule has 210 valence electrons. The lowest BCUT2D eigenvalue weighted by atomic mass is 9.91. The number of carboxylic acids is 1. The van der Waals surface area contributed by atoms with Gasteiger partial charge in [-0.1, -0.05) is 30.3 Å². The minimum Gasteiger partial charge on any atom is -0.493 e. The number of benzene rings is 2. The molecule has 0 atom stereocenters. The molecule has 0 amide bonds. The van der Waals surface area contributed by atoms with Gasteiger partial charge in [-0.25, -0.2) is 4.79 Å². The summed E-state index contributed by atoms with van der Waals surface area (Å²) in [5, 5.41) is 19.1. The monoisotopic (exact) mass is 543 g/mol. The largest absolute Gasteiger partial charge is 0.493 e. The highest BCUT2D eigenvalue weighted by molar-refractivity contribution is 6.04. The van der Waals surface area contributed by atoms with Crippen LogP contribution < -0.4 is 4.74 Å². The van der Waals surface area contributed by atoms with E-state index in [1.54, 1.807) is 7.11 Å². The topological polar surface area (TPSA) is 98.6 Å². The number of hydrogen-bond acceptors (Lipinski definition) is 5. The Hall–Kier alpha value is -3.62. The van der Waals surface area contributed by atoms with Crippen LogP contribution in [-0.2, 0) is 48.5 Å². The van der Waals surface area contributed by atoms with Crippen molar-refractivity contribution >= 4 is 16.9 Å². The summed E-state index contributed by atoms with van der Waals surface area (Å²) in [6.07, 6.45) is 7.65. The smallest absolute Gasteiger partial charge is 0.352 e. The van der Waals surface area contributed by atoms with Gasteiger partial charge >= 0.3 is 5.97 Å². The summed E-state index contributed by atoms with van der Waals surface area (Å²) in [5.41, 5.74) is 8.49. The maximum absolute atomic E-state index is 12.8.